The Balaban J connectivity index is 2.45. The number of hydrogen-bond donors (Lipinski definition) is 3. The minimum atomic E-state index is -0.997. The third-order valence-corrected chi connectivity index (χ3v) is 2.88. The average molecular weight is 228 g/mol. The minimum Gasteiger partial charge on any atom is -0.481 e. The lowest BCUT2D eigenvalue weighted by atomic mass is 9.95. The molecule has 90 valence electrons. The Labute approximate surface area is 93.4 Å². The van der Waals surface area contributed by atoms with Crippen LogP contribution in [-0.2, 0) is 14.4 Å². The molecule has 0 spiro atoms. The Bertz CT molecular complexity index is 316. The van der Waals surface area contributed by atoms with Gasteiger partial charge in [0.25, 0.3) is 0 Å². The summed E-state index contributed by atoms with van der Waals surface area (Å²) in [4.78, 5) is 33.2. The van der Waals surface area contributed by atoms with Crippen molar-refractivity contribution in [1.29, 1.82) is 0 Å². The summed E-state index contributed by atoms with van der Waals surface area (Å²) in [5, 5.41) is 14.0. The van der Waals surface area contributed by atoms with Crippen LogP contribution in [0.15, 0.2) is 0 Å². The molecular formula is C10H16N2O4. The molecule has 2 amide bonds. The standard InChI is InChI=1S/C10H16N2O4/c1-5(6(2)10(15)16)9(14)12-7-3-8(13)11-4-7/h5-7H,3-4H2,1-2H3,(H,11,13)(H,12,14)(H,15,16). The van der Waals surface area contributed by atoms with Gasteiger partial charge < -0.3 is 15.7 Å². The molecular weight excluding hydrogens is 212 g/mol. The molecule has 6 heteroatoms. The average Bonchev–Trinajstić information content (AvgIpc) is 2.61. The van der Waals surface area contributed by atoms with Gasteiger partial charge in [-0.2, -0.15) is 0 Å². The quantitative estimate of drug-likeness (QED) is 0.595. The highest BCUT2D eigenvalue weighted by Gasteiger charge is 2.29. The van der Waals surface area contributed by atoms with Gasteiger partial charge in [-0.05, 0) is 0 Å². The molecule has 3 N–H and O–H groups in total. The number of carboxylic acid groups (broad SMARTS) is 1. The fourth-order valence-corrected chi connectivity index (χ4v) is 1.48. The molecule has 0 aromatic heterocycles. The van der Waals surface area contributed by atoms with E-state index in [-0.39, 0.29) is 24.3 Å². The molecule has 0 saturated carbocycles. The lowest BCUT2D eigenvalue weighted by Gasteiger charge is -2.18. The van der Waals surface area contributed by atoms with E-state index < -0.39 is 17.8 Å². The van der Waals surface area contributed by atoms with Crippen LogP contribution in [0.3, 0.4) is 0 Å². The van der Waals surface area contributed by atoms with Crippen molar-refractivity contribution >= 4 is 17.8 Å². The van der Waals surface area contributed by atoms with Crippen molar-refractivity contribution in [2.45, 2.75) is 26.3 Å². The van der Waals surface area contributed by atoms with Crippen LogP contribution in [-0.4, -0.2) is 35.5 Å². The van der Waals surface area contributed by atoms with Crippen LogP contribution in [0.2, 0.25) is 0 Å². The van der Waals surface area contributed by atoms with Crippen LogP contribution in [0.4, 0.5) is 0 Å². The molecule has 1 saturated heterocycles. The van der Waals surface area contributed by atoms with Crippen molar-refractivity contribution in [3.8, 4) is 0 Å². The second-order valence-electron chi connectivity index (χ2n) is 4.13. The van der Waals surface area contributed by atoms with Gasteiger partial charge in [0.2, 0.25) is 11.8 Å². The molecule has 16 heavy (non-hydrogen) atoms. The van der Waals surface area contributed by atoms with Gasteiger partial charge in [0.1, 0.15) is 0 Å². The Morgan fingerprint density at radius 3 is 2.50 bits per heavy atom. The number of nitrogens with one attached hydrogen (secondary N) is 2. The van der Waals surface area contributed by atoms with E-state index in [1.54, 1.807) is 6.92 Å². The Kier molecular flexibility index (Phi) is 3.87. The maximum Gasteiger partial charge on any atom is 0.307 e. The molecule has 0 radical (unpaired) electrons. The van der Waals surface area contributed by atoms with Crippen LogP contribution >= 0.6 is 0 Å². The van der Waals surface area contributed by atoms with E-state index >= 15 is 0 Å². The highest BCUT2D eigenvalue weighted by Crippen LogP contribution is 2.12. The molecule has 3 atom stereocenters. The highest BCUT2D eigenvalue weighted by atomic mass is 16.4. The number of carbonyl (C=O) groups excluding carboxylic acids is 2. The lowest BCUT2D eigenvalue weighted by molar-refractivity contribution is -0.146. The first-order valence-corrected chi connectivity index (χ1v) is 5.21. The van der Waals surface area contributed by atoms with E-state index in [9.17, 15) is 14.4 Å². The SMILES string of the molecule is CC(C(=O)O)C(C)C(=O)NC1CNC(=O)C1. The zero-order chi connectivity index (χ0) is 12.3. The Morgan fingerprint density at radius 2 is 2.06 bits per heavy atom. The van der Waals surface area contributed by atoms with Crippen molar-refractivity contribution in [2.75, 3.05) is 6.54 Å². The van der Waals surface area contributed by atoms with Gasteiger partial charge in [-0.25, -0.2) is 0 Å². The van der Waals surface area contributed by atoms with E-state index in [1.165, 1.54) is 6.92 Å². The molecule has 0 aromatic carbocycles. The van der Waals surface area contributed by atoms with Crippen molar-refractivity contribution in [1.82, 2.24) is 10.6 Å². The summed E-state index contributed by atoms with van der Waals surface area (Å²) in [6.45, 7) is 3.47. The van der Waals surface area contributed by atoms with Crippen molar-refractivity contribution in [3.63, 3.8) is 0 Å². The van der Waals surface area contributed by atoms with Gasteiger partial charge in [-0.3, -0.25) is 14.4 Å². The van der Waals surface area contributed by atoms with Gasteiger partial charge in [0.15, 0.2) is 0 Å². The molecule has 3 unspecified atom stereocenters. The fraction of sp³-hybridized carbons (Fsp3) is 0.700. The largest absolute Gasteiger partial charge is 0.481 e. The van der Waals surface area contributed by atoms with Crippen LogP contribution in [0, 0.1) is 11.8 Å². The summed E-state index contributed by atoms with van der Waals surface area (Å²) in [5.41, 5.74) is 0. The monoisotopic (exact) mass is 228 g/mol. The molecule has 0 aliphatic carbocycles. The fourth-order valence-electron chi connectivity index (χ4n) is 1.48. The first kappa shape index (κ1) is 12.5. The molecule has 6 nitrogen and oxygen atoms in total. The van der Waals surface area contributed by atoms with Crippen molar-refractivity contribution < 1.29 is 19.5 Å². The summed E-state index contributed by atoms with van der Waals surface area (Å²) in [5.74, 6) is -2.75. The maximum atomic E-state index is 11.6. The van der Waals surface area contributed by atoms with Gasteiger partial charge in [0.05, 0.1) is 12.0 Å². The maximum absolute atomic E-state index is 11.6. The van der Waals surface area contributed by atoms with E-state index in [0.29, 0.717) is 6.54 Å². The molecule has 1 heterocycles. The lowest BCUT2D eigenvalue weighted by Crippen LogP contribution is -2.42. The Hall–Kier alpha value is -1.59. The zero-order valence-corrected chi connectivity index (χ0v) is 9.32. The summed E-state index contributed by atoms with van der Waals surface area (Å²) >= 11 is 0. The summed E-state index contributed by atoms with van der Waals surface area (Å²) in [6.07, 6.45) is 0.264. The number of carbonyl (C=O) groups is 3. The third-order valence-electron chi connectivity index (χ3n) is 2.88. The van der Waals surface area contributed by atoms with Crippen LogP contribution < -0.4 is 10.6 Å². The first-order chi connectivity index (χ1) is 7.41. The number of rotatable bonds is 4. The van der Waals surface area contributed by atoms with Crippen LogP contribution in [0.25, 0.3) is 0 Å². The molecule has 1 aliphatic rings. The summed E-state index contributed by atoms with van der Waals surface area (Å²) in [7, 11) is 0. The highest BCUT2D eigenvalue weighted by molar-refractivity contribution is 5.86. The normalized spacial score (nSPS) is 23.4. The van der Waals surface area contributed by atoms with Gasteiger partial charge in [-0.1, -0.05) is 13.8 Å². The zero-order valence-electron chi connectivity index (χ0n) is 9.32. The van der Waals surface area contributed by atoms with E-state index in [4.69, 9.17) is 5.11 Å². The molecule has 1 rings (SSSR count). The van der Waals surface area contributed by atoms with Gasteiger partial charge in [-0.15, -0.1) is 0 Å². The number of hydrogen-bond acceptors (Lipinski definition) is 3. The Morgan fingerprint density at radius 1 is 1.44 bits per heavy atom. The van der Waals surface area contributed by atoms with Crippen LogP contribution in [0.5, 0.6) is 0 Å². The number of carboxylic acids is 1. The predicted molar refractivity (Wildman–Crippen MR) is 55.5 cm³/mol. The van der Waals surface area contributed by atoms with Gasteiger partial charge >= 0.3 is 5.97 Å². The number of aliphatic carboxylic acids is 1. The topological polar surface area (TPSA) is 95.5 Å². The molecule has 0 aromatic rings. The minimum absolute atomic E-state index is 0.0933. The number of amides is 2. The van der Waals surface area contributed by atoms with Crippen molar-refractivity contribution in [3.05, 3.63) is 0 Å². The summed E-state index contributed by atoms with van der Waals surface area (Å²) < 4.78 is 0. The van der Waals surface area contributed by atoms with E-state index in [2.05, 4.69) is 10.6 Å². The van der Waals surface area contributed by atoms with E-state index in [0.717, 1.165) is 0 Å². The molecule has 1 fully saturated rings. The van der Waals surface area contributed by atoms with Crippen LogP contribution in [0.1, 0.15) is 20.3 Å². The summed E-state index contributed by atoms with van der Waals surface area (Å²) in [6, 6.07) is -0.219. The van der Waals surface area contributed by atoms with Gasteiger partial charge in [0, 0.05) is 18.9 Å². The van der Waals surface area contributed by atoms with E-state index in [1.807, 2.05) is 0 Å². The van der Waals surface area contributed by atoms with Crippen molar-refractivity contribution in [2.24, 2.45) is 11.8 Å². The molecule has 0 bridgehead atoms. The second-order valence-corrected chi connectivity index (χ2v) is 4.13. The third kappa shape index (κ3) is 2.95. The smallest absolute Gasteiger partial charge is 0.307 e. The predicted octanol–water partition coefficient (Wildman–Crippen LogP) is -0.652. The first-order valence-electron chi connectivity index (χ1n) is 5.21. The molecule has 1 aliphatic heterocycles. The second kappa shape index (κ2) is 4.96.